The van der Waals surface area contributed by atoms with Gasteiger partial charge >= 0.3 is 0 Å². The third-order valence-corrected chi connectivity index (χ3v) is 16.1. The second-order valence-electron chi connectivity index (χ2n) is 21.7. The predicted molar refractivity (Wildman–Crippen MR) is 272 cm³/mol. The number of amides is 4. The van der Waals surface area contributed by atoms with Crippen molar-refractivity contribution in [3.63, 3.8) is 0 Å². The van der Waals surface area contributed by atoms with Gasteiger partial charge in [-0.25, -0.2) is 9.97 Å². The Morgan fingerprint density at radius 2 is 1.72 bits per heavy atom. The Hall–Kier alpha value is -5.64. The van der Waals surface area contributed by atoms with Crippen molar-refractivity contribution in [3.05, 3.63) is 93.7 Å². The number of likely N-dealkylation sites (tertiary alicyclic amines) is 1. The monoisotopic (exact) mass is 1010 g/mol. The Bertz CT molecular complexity index is 2630. The lowest BCUT2D eigenvalue weighted by Crippen LogP contribution is -2.74. The average molecular weight is 1010 g/mol. The molecule has 5 aliphatic rings. The van der Waals surface area contributed by atoms with Crippen LogP contribution in [0.4, 0.5) is 5.82 Å². The van der Waals surface area contributed by atoms with Gasteiger partial charge in [0.2, 0.25) is 17.7 Å². The number of aliphatic hydroxyl groups is 1. The molecule has 2 aromatic heterocycles. The highest BCUT2D eigenvalue weighted by atomic mass is 35.5. The zero-order valence-electron chi connectivity index (χ0n) is 41.8. The number of fused-ring (bicyclic) bond motifs is 3. The first kappa shape index (κ1) is 51.7. The third-order valence-electron chi connectivity index (χ3n) is 14.8. The number of hydrogen-bond donors (Lipinski definition) is 4. The number of aryl methyl sites for hydroxylation is 1. The second kappa shape index (κ2) is 20.8. The van der Waals surface area contributed by atoms with Crippen LogP contribution in [-0.2, 0) is 25.7 Å². The Balaban J connectivity index is 0.779. The van der Waals surface area contributed by atoms with Crippen LogP contribution in [-0.4, -0.2) is 130 Å². The van der Waals surface area contributed by atoms with E-state index in [1.54, 1.807) is 35.7 Å². The van der Waals surface area contributed by atoms with E-state index in [1.807, 2.05) is 69.6 Å². The number of carbonyl (C=O) groups excluding carboxylic acids is 4. The van der Waals surface area contributed by atoms with E-state index in [1.165, 1.54) is 4.90 Å². The van der Waals surface area contributed by atoms with Crippen molar-refractivity contribution in [3.8, 4) is 22.3 Å². The van der Waals surface area contributed by atoms with Crippen LogP contribution in [0.25, 0.3) is 10.4 Å². The number of β-amino-alcohol motifs (C(OH)–C–C–N with tert-alkyl or cyclic N) is 1. The molecule has 0 unspecified atom stereocenters. The summed E-state index contributed by atoms with van der Waals surface area (Å²) in [6.45, 7) is 18.4. The van der Waals surface area contributed by atoms with Crippen molar-refractivity contribution in [2.24, 2.45) is 16.2 Å². The third kappa shape index (κ3) is 11.1. The first-order chi connectivity index (χ1) is 33.6. The lowest BCUT2D eigenvalue weighted by atomic mass is 9.49. The number of nitriles is 1. The number of thiazole rings is 1. The highest BCUT2D eigenvalue weighted by Gasteiger charge is 2.64. The highest BCUT2D eigenvalue weighted by Crippen LogP contribution is 2.55. The first-order valence-electron chi connectivity index (χ1n) is 24.4. The van der Waals surface area contributed by atoms with E-state index in [9.17, 15) is 29.5 Å². The maximum atomic E-state index is 14.1. The molecule has 6 heterocycles. The number of ether oxygens (including phenoxy) is 2. The van der Waals surface area contributed by atoms with Crippen molar-refractivity contribution in [1.82, 2.24) is 35.7 Å². The van der Waals surface area contributed by atoms with E-state index in [4.69, 9.17) is 26.1 Å². The van der Waals surface area contributed by atoms with Gasteiger partial charge in [-0.05, 0) is 60.6 Å². The molecule has 71 heavy (non-hydrogen) atoms. The van der Waals surface area contributed by atoms with Crippen molar-refractivity contribution in [2.75, 3.05) is 44.3 Å². The number of nitrogens with one attached hydrogen (secondary N) is 3. The number of anilines is 1. The molecule has 4 amide bonds. The van der Waals surface area contributed by atoms with Crippen molar-refractivity contribution < 1.29 is 33.8 Å². The summed E-state index contributed by atoms with van der Waals surface area (Å²) in [5, 5.41) is 29.3. The van der Waals surface area contributed by atoms with Gasteiger partial charge in [0.25, 0.3) is 5.91 Å². The first-order valence-corrected chi connectivity index (χ1v) is 25.7. The molecule has 378 valence electrons. The van der Waals surface area contributed by atoms with Crippen LogP contribution in [0.1, 0.15) is 94.9 Å². The summed E-state index contributed by atoms with van der Waals surface area (Å²) < 4.78 is 12.3. The van der Waals surface area contributed by atoms with Crippen LogP contribution in [0.2, 0.25) is 5.02 Å². The Morgan fingerprint density at radius 1 is 0.986 bits per heavy atom. The SMILES string of the molecule is Cc1ncsc1-c1ccc(CNC(=O)[C@@H]2C[C@@H](O)CN2C(=O)[C@@H](NC(=O)COCCN2C[C@H]3CC[C@@H]2CN3c2ccc(C(=O)N[C@H]3C(C)(C)[C@H](Oc4ccc(C#N)c(Cl)c4)C3(C)C)cn2)C(C)(C)C)cc1. The number of piperazine rings is 1. The van der Waals surface area contributed by atoms with Crippen LogP contribution in [0.5, 0.6) is 5.75 Å². The zero-order chi connectivity index (χ0) is 51.0. The van der Waals surface area contributed by atoms with Gasteiger partial charge in [-0.1, -0.05) is 84.3 Å². The smallest absolute Gasteiger partial charge is 0.253 e. The highest BCUT2D eigenvalue weighted by molar-refractivity contribution is 7.13. The molecule has 5 atom stereocenters. The quantitative estimate of drug-likeness (QED) is 0.0938. The number of halogens is 1. The summed E-state index contributed by atoms with van der Waals surface area (Å²) in [7, 11) is 0. The molecule has 5 fully saturated rings. The van der Waals surface area contributed by atoms with Gasteiger partial charge in [0, 0.05) is 80.4 Å². The molecule has 4 aromatic rings. The zero-order valence-corrected chi connectivity index (χ0v) is 43.4. The minimum Gasteiger partial charge on any atom is -0.489 e. The Labute approximate surface area is 425 Å². The summed E-state index contributed by atoms with van der Waals surface area (Å²) in [4.78, 5) is 70.9. The fourth-order valence-electron chi connectivity index (χ4n) is 11.3. The normalized spacial score (nSPS) is 23.8. The number of carbonyl (C=O) groups is 4. The standard InChI is InChI=1S/C53H66ClN9O7S/c1-31-44(71-30-58-31)33-11-9-32(10-12-33)24-57-47(67)41-21-38(64)28-63(41)48(68)45(51(2,3)4)59-43(65)29-69-20-19-61-26-37-16-15-36(61)27-62(37)42-18-14-35(25-56-42)46(66)60-49-52(5,6)50(53(49,7)8)70-39-17-13-34(23-55)40(54)22-39/h9-14,17-18,22,25,30,36-38,41,45,49-50,64H,15-16,19-21,24,26-29H2,1-8H3,(H,57,67)(H,59,65)(H,60,66)/t36-,37-,38-,41+,45-,49-,50-/m1/s1. The molecule has 1 aliphatic carbocycles. The molecule has 0 spiro atoms. The molecular formula is C53H66ClN9O7S. The number of aliphatic hydroxyl groups excluding tert-OH is 1. The number of benzene rings is 2. The molecule has 18 heteroatoms. The molecular weight excluding hydrogens is 942 g/mol. The van der Waals surface area contributed by atoms with E-state index in [0.717, 1.165) is 53.4 Å². The number of nitrogens with zero attached hydrogens (tertiary/aromatic N) is 6. The van der Waals surface area contributed by atoms with Crippen molar-refractivity contribution in [1.29, 1.82) is 5.26 Å². The predicted octanol–water partition coefficient (Wildman–Crippen LogP) is 6.13. The van der Waals surface area contributed by atoms with Crippen molar-refractivity contribution >= 4 is 52.4 Å². The van der Waals surface area contributed by atoms with Crippen LogP contribution in [0.3, 0.4) is 0 Å². The maximum absolute atomic E-state index is 14.1. The molecule has 4 aliphatic heterocycles. The summed E-state index contributed by atoms with van der Waals surface area (Å²) in [5.41, 5.74) is 4.09. The van der Waals surface area contributed by atoms with Crippen LogP contribution in [0.15, 0.2) is 66.3 Å². The molecule has 2 bridgehead atoms. The average Bonchev–Trinajstić information content (AvgIpc) is 3.96. The van der Waals surface area contributed by atoms with E-state index in [2.05, 4.69) is 64.5 Å². The van der Waals surface area contributed by atoms with Crippen molar-refractivity contribution in [2.45, 2.75) is 124 Å². The fourth-order valence-corrected chi connectivity index (χ4v) is 12.3. The number of piperidine rings is 2. The van der Waals surface area contributed by atoms with Gasteiger partial charge in [-0.15, -0.1) is 11.3 Å². The minimum absolute atomic E-state index is 0.0113. The summed E-state index contributed by atoms with van der Waals surface area (Å²) in [5.74, 6) is -0.0290. The van der Waals surface area contributed by atoms with Gasteiger partial charge in [0.1, 0.15) is 42.4 Å². The van der Waals surface area contributed by atoms with E-state index in [-0.39, 0.29) is 62.2 Å². The molecule has 16 nitrogen and oxygen atoms in total. The lowest BCUT2D eigenvalue weighted by molar-refractivity contribution is -0.164. The van der Waals surface area contributed by atoms with Gasteiger partial charge in [0.05, 0.1) is 44.9 Å². The Morgan fingerprint density at radius 3 is 2.34 bits per heavy atom. The second-order valence-corrected chi connectivity index (χ2v) is 23.0. The topological polar surface area (TPSA) is 202 Å². The fraction of sp³-hybridized carbons (Fsp3) is 0.528. The van der Waals surface area contributed by atoms with Crippen LogP contribution < -0.4 is 25.6 Å². The number of rotatable bonds is 16. The largest absolute Gasteiger partial charge is 0.489 e. The van der Waals surface area contributed by atoms with Gasteiger partial charge in [-0.2, -0.15) is 5.26 Å². The molecule has 0 radical (unpaired) electrons. The lowest BCUT2D eigenvalue weighted by Gasteiger charge is -2.63. The molecule has 4 saturated heterocycles. The van der Waals surface area contributed by atoms with Crippen LogP contribution >= 0.6 is 22.9 Å². The minimum atomic E-state index is -0.958. The summed E-state index contributed by atoms with van der Waals surface area (Å²) in [6.07, 6.45) is 2.69. The maximum Gasteiger partial charge on any atom is 0.253 e. The summed E-state index contributed by atoms with van der Waals surface area (Å²) >= 11 is 7.84. The van der Waals surface area contributed by atoms with E-state index < -0.39 is 46.2 Å². The van der Waals surface area contributed by atoms with E-state index >= 15 is 0 Å². The van der Waals surface area contributed by atoms with Gasteiger partial charge in [-0.3, -0.25) is 24.1 Å². The number of hydrogen-bond acceptors (Lipinski definition) is 13. The van der Waals surface area contributed by atoms with Gasteiger partial charge in [0.15, 0.2) is 0 Å². The van der Waals surface area contributed by atoms with E-state index in [0.29, 0.717) is 35.1 Å². The molecule has 2 aromatic carbocycles. The molecule has 4 N–H and O–H groups in total. The Kier molecular flexibility index (Phi) is 15.2. The van der Waals surface area contributed by atoms with Gasteiger partial charge < -0.3 is 40.3 Å². The molecule has 9 rings (SSSR count). The summed E-state index contributed by atoms with van der Waals surface area (Å²) in [6, 6.07) is 17.2. The number of pyridine rings is 1. The number of aromatic nitrogens is 2. The molecule has 1 saturated carbocycles. The van der Waals surface area contributed by atoms with Crippen LogP contribution in [0, 0.1) is 34.5 Å².